The summed E-state index contributed by atoms with van der Waals surface area (Å²) >= 11 is 0. The molecule has 0 fully saturated rings. The average Bonchev–Trinajstić information content (AvgIpc) is 2.65. The molecule has 2 aromatic carbocycles. The Morgan fingerprint density at radius 1 is 0.880 bits per heavy atom. The number of rotatable bonds is 10. The summed E-state index contributed by atoms with van der Waals surface area (Å²) in [5, 5.41) is 23.1. The van der Waals surface area contributed by atoms with Crippen LogP contribution in [0, 0.1) is 0 Å². The van der Waals surface area contributed by atoms with Crippen LogP contribution in [0.3, 0.4) is 0 Å². The van der Waals surface area contributed by atoms with Gasteiger partial charge in [-0.15, -0.1) is 0 Å². The van der Waals surface area contributed by atoms with Gasteiger partial charge in [0.05, 0.1) is 0 Å². The van der Waals surface area contributed by atoms with E-state index in [1.807, 2.05) is 42.5 Å². The fraction of sp³-hybridized carbons (Fsp3) is 0.409. The average molecular weight is 339 g/mol. The molecule has 0 aliphatic heterocycles. The highest BCUT2D eigenvalue weighted by atomic mass is 16.4. The van der Waals surface area contributed by atoms with Crippen molar-refractivity contribution in [1.29, 1.82) is 0 Å². The van der Waals surface area contributed by atoms with E-state index in [1.165, 1.54) is 44.1 Å². The number of aryl methyl sites for hydroxylation is 1. The maximum atomic E-state index is 10.2. The molecule has 2 rings (SSSR count). The minimum atomic E-state index is 0.139. The monoisotopic (exact) mass is 339 g/mol. The van der Waals surface area contributed by atoms with Crippen LogP contribution in [0.15, 0.2) is 53.7 Å². The van der Waals surface area contributed by atoms with E-state index in [0.717, 1.165) is 18.4 Å². The summed E-state index contributed by atoms with van der Waals surface area (Å²) in [6.45, 7) is 2.24. The van der Waals surface area contributed by atoms with Gasteiger partial charge in [0.25, 0.3) is 0 Å². The van der Waals surface area contributed by atoms with Gasteiger partial charge in [0.1, 0.15) is 11.5 Å². The minimum absolute atomic E-state index is 0.139. The van der Waals surface area contributed by atoms with Gasteiger partial charge in [-0.2, -0.15) is 0 Å². The van der Waals surface area contributed by atoms with E-state index in [0.29, 0.717) is 11.3 Å². The lowest BCUT2D eigenvalue weighted by atomic mass is 9.97. The first-order valence-electron chi connectivity index (χ1n) is 9.36. The van der Waals surface area contributed by atoms with Gasteiger partial charge in [-0.1, -0.05) is 87.0 Å². The molecule has 2 aromatic rings. The number of aromatic hydroxyl groups is 1. The summed E-state index contributed by atoms with van der Waals surface area (Å²) in [7, 11) is 0. The van der Waals surface area contributed by atoms with Crippen molar-refractivity contribution in [2.24, 2.45) is 5.16 Å². The largest absolute Gasteiger partial charge is 0.507 e. The van der Waals surface area contributed by atoms with Gasteiger partial charge < -0.3 is 10.3 Å². The first-order chi connectivity index (χ1) is 12.3. The van der Waals surface area contributed by atoms with Gasteiger partial charge >= 0.3 is 0 Å². The molecule has 0 saturated carbocycles. The molecule has 0 spiro atoms. The summed E-state index contributed by atoms with van der Waals surface area (Å²) in [5.41, 5.74) is 2.93. The molecule has 0 heterocycles. The molecule has 2 N–H and O–H groups in total. The molecule has 0 amide bonds. The normalized spacial score (nSPS) is 11.6. The van der Waals surface area contributed by atoms with Crippen LogP contribution in [0.1, 0.15) is 68.6 Å². The highest BCUT2D eigenvalue weighted by Gasteiger charge is 2.13. The predicted molar refractivity (Wildman–Crippen MR) is 104 cm³/mol. The third-order valence-electron chi connectivity index (χ3n) is 4.53. The number of phenols is 1. The molecule has 3 nitrogen and oxygen atoms in total. The van der Waals surface area contributed by atoms with Gasteiger partial charge in [-0.3, -0.25) is 0 Å². The van der Waals surface area contributed by atoms with E-state index in [2.05, 4.69) is 12.1 Å². The Morgan fingerprint density at radius 3 is 2.24 bits per heavy atom. The lowest BCUT2D eigenvalue weighted by Crippen LogP contribution is -2.04. The Kier molecular flexibility index (Phi) is 8.03. The first kappa shape index (κ1) is 19.0. The molecule has 0 aromatic heterocycles. The van der Waals surface area contributed by atoms with Crippen LogP contribution >= 0.6 is 0 Å². The zero-order valence-corrected chi connectivity index (χ0v) is 15.1. The number of oxime groups is 1. The number of benzene rings is 2. The molecule has 0 bridgehead atoms. The molecule has 3 heteroatoms. The molecule has 0 aliphatic carbocycles. The van der Waals surface area contributed by atoms with Gasteiger partial charge in [0, 0.05) is 11.1 Å². The van der Waals surface area contributed by atoms with Crippen molar-refractivity contribution >= 4 is 5.71 Å². The van der Waals surface area contributed by atoms with Crippen molar-refractivity contribution in [2.75, 3.05) is 0 Å². The van der Waals surface area contributed by atoms with Gasteiger partial charge in [-0.05, 0) is 30.5 Å². The fourth-order valence-corrected chi connectivity index (χ4v) is 3.08. The Morgan fingerprint density at radius 2 is 1.56 bits per heavy atom. The Labute approximate surface area is 151 Å². The van der Waals surface area contributed by atoms with Crippen molar-refractivity contribution in [3.63, 3.8) is 0 Å². The number of hydrogen-bond donors (Lipinski definition) is 2. The van der Waals surface area contributed by atoms with E-state index >= 15 is 0 Å². The quantitative estimate of drug-likeness (QED) is 0.245. The number of nitrogens with zero attached hydrogens (tertiary/aromatic N) is 1. The molecule has 134 valence electrons. The van der Waals surface area contributed by atoms with Crippen LogP contribution in [-0.4, -0.2) is 16.0 Å². The second-order valence-electron chi connectivity index (χ2n) is 6.54. The van der Waals surface area contributed by atoms with Crippen molar-refractivity contribution in [2.45, 2.75) is 58.3 Å². The fourth-order valence-electron chi connectivity index (χ4n) is 3.08. The standard InChI is InChI=1S/C22H29NO2/c1-2-3-4-5-6-7-9-12-18-15-16-21(24)20(17-18)22(23-25)19-13-10-8-11-14-19/h8,10-11,13-17,24-25H,2-7,9,12H2,1H3/b23-22-. The summed E-state index contributed by atoms with van der Waals surface area (Å²) in [5.74, 6) is 0.139. The topological polar surface area (TPSA) is 52.8 Å². The Balaban J connectivity index is 1.98. The highest BCUT2D eigenvalue weighted by molar-refractivity contribution is 6.14. The van der Waals surface area contributed by atoms with Crippen LogP contribution in [0.2, 0.25) is 0 Å². The summed E-state index contributed by atoms with van der Waals surface area (Å²) in [4.78, 5) is 0. The second kappa shape index (κ2) is 10.5. The lowest BCUT2D eigenvalue weighted by Gasteiger charge is -2.10. The molecule has 0 atom stereocenters. The van der Waals surface area contributed by atoms with Crippen molar-refractivity contribution in [1.82, 2.24) is 0 Å². The third kappa shape index (κ3) is 5.93. The molecular weight excluding hydrogens is 310 g/mol. The lowest BCUT2D eigenvalue weighted by molar-refractivity contribution is 0.319. The van der Waals surface area contributed by atoms with E-state index in [9.17, 15) is 10.3 Å². The summed E-state index contributed by atoms with van der Waals surface area (Å²) in [6, 6.07) is 15.0. The van der Waals surface area contributed by atoms with Crippen LogP contribution < -0.4 is 0 Å². The maximum Gasteiger partial charge on any atom is 0.125 e. The minimum Gasteiger partial charge on any atom is -0.507 e. The Hall–Kier alpha value is -2.29. The van der Waals surface area contributed by atoms with E-state index in [-0.39, 0.29) is 5.75 Å². The summed E-state index contributed by atoms with van der Waals surface area (Å²) in [6.07, 6.45) is 9.94. The van der Waals surface area contributed by atoms with Crippen LogP contribution in [-0.2, 0) is 6.42 Å². The van der Waals surface area contributed by atoms with E-state index in [4.69, 9.17) is 0 Å². The smallest absolute Gasteiger partial charge is 0.125 e. The van der Waals surface area contributed by atoms with Gasteiger partial charge in [0.15, 0.2) is 0 Å². The van der Waals surface area contributed by atoms with Crippen LogP contribution in [0.5, 0.6) is 5.75 Å². The van der Waals surface area contributed by atoms with Crippen molar-refractivity contribution in [3.05, 3.63) is 65.2 Å². The zero-order chi connectivity index (χ0) is 17.9. The number of phenolic OH excluding ortho intramolecular Hbond substituents is 1. The van der Waals surface area contributed by atoms with Gasteiger partial charge in [0.2, 0.25) is 0 Å². The van der Waals surface area contributed by atoms with Crippen LogP contribution in [0.4, 0.5) is 0 Å². The molecule has 0 aliphatic rings. The summed E-state index contributed by atoms with van der Waals surface area (Å²) < 4.78 is 0. The van der Waals surface area contributed by atoms with Crippen molar-refractivity contribution < 1.29 is 10.3 Å². The molecular formula is C22H29NO2. The SMILES string of the molecule is CCCCCCCCCc1ccc(O)c(/C(=N\O)c2ccccc2)c1. The molecule has 0 radical (unpaired) electrons. The van der Waals surface area contributed by atoms with E-state index in [1.54, 1.807) is 6.07 Å². The first-order valence-corrected chi connectivity index (χ1v) is 9.36. The van der Waals surface area contributed by atoms with Crippen molar-refractivity contribution in [3.8, 4) is 5.75 Å². The molecule has 25 heavy (non-hydrogen) atoms. The maximum absolute atomic E-state index is 10.2. The third-order valence-corrected chi connectivity index (χ3v) is 4.53. The second-order valence-corrected chi connectivity index (χ2v) is 6.54. The highest BCUT2D eigenvalue weighted by Crippen LogP contribution is 2.24. The number of hydrogen-bond acceptors (Lipinski definition) is 3. The number of unbranched alkanes of at least 4 members (excludes halogenated alkanes) is 6. The molecule has 0 unspecified atom stereocenters. The van der Waals surface area contributed by atoms with Gasteiger partial charge in [-0.25, -0.2) is 0 Å². The van der Waals surface area contributed by atoms with E-state index < -0.39 is 0 Å². The van der Waals surface area contributed by atoms with Crippen LogP contribution in [0.25, 0.3) is 0 Å². The zero-order valence-electron chi connectivity index (χ0n) is 15.1. The molecule has 0 saturated heterocycles. The Bertz CT molecular complexity index is 665. The predicted octanol–water partition coefficient (Wildman–Crippen LogP) is 5.91.